The summed E-state index contributed by atoms with van der Waals surface area (Å²) in [6.45, 7) is 2.30. The van der Waals surface area contributed by atoms with Gasteiger partial charge >= 0.3 is 0 Å². The van der Waals surface area contributed by atoms with Gasteiger partial charge in [-0.15, -0.1) is 0 Å². The molecular formula is C14H21N. The third kappa shape index (κ3) is 3.35. The molecule has 0 aliphatic carbocycles. The lowest BCUT2D eigenvalue weighted by Gasteiger charge is -2.28. The molecule has 0 amide bonds. The van der Waals surface area contributed by atoms with Crippen molar-refractivity contribution in [3.8, 4) is 0 Å². The SMILES string of the molecule is CC1CCCC(CCc2ccccc2)N1. The van der Waals surface area contributed by atoms with Crippen molar-refractivity contribution in [1.29, 1.82) is 0 Å². The Labute approximate surface area is 92.9 Å². The minimum Gasteiger partial charge on any atom is -0.311 e. The van der Waals surface area contributed by atoms with Crippen LogP contribution in [0.4, 0.5) is 0 Å². The zero-order valence-electron chi connectivity index (χ0n) is 9.58. The number of hydrogen-bond donors (Lipinski definition) is 1. The smallest absolute Gasteiger partial charge is 0.00727 e. The van der Waals surface area contributed by atoms with Crippen LogP contribution in [0.15, 0.2) is 30.3 Å². The standard InChI is InChI=1S/C14H21N/c1-12-6-5-9-14(15-12)11-10-13-7-3-2-4-8-13/h2-4,7-8,12,14-15H,5-6,9-11H2,1H3. The molecule has 0 saturated carbocycles. The molecule has 1 aromatic carbocycles. The molecule has 0 radical (unpaired) electrons. The average molecular weight is 203 g/mol. The summed E-state index contributed by atoms with van der Waals surface area (Å²) in [7, 11) is 0. The summed E-state index contributed by atoms with van der Waals surface area (Å²) >= 11 is 0. The molecule has 1 aliphatic rings. The van der Waals surface area contributed by atoms with E-state index in [1.165, 1.54) is 37.7 Å². The van der Waals surface area contributed by atoms with E-state index in [1.807, 2.05) is 0 Å². The lowest BCUT2D eigenvalue weighted by Crippen LogP contribution is -2.40. The zero-order chi connectivity index (χ0) is 10.5. The Morgan fingerprint density at radius 2 is 2.00 bits per heavy atom. The van der Waals surface area contributed by atoms with E-state index >= 15 is 0 Å². The first-order valence-corrected chi connectivity index (χ1v) is 6.14. The summed E-state index contributed by atoms with van der Waals surface area (Å²) in [6.07, 6.45) is 6.60. The summed E-state index contributed by atoms with van der Waals surface area (Å²) in [4.78, 5) is 0. The van der Waals surface area contributed by atoms with Crippen LogP contribution in [0.3, 0.4) is 0 Å². The number of rotatable bonds is 3. The first-order chi connectivity index (χ1) is 7.34. The molecule has 82 valence electrons. The van der Waals surface area contributed by atoms with Crippen LogP contribution in [-0.2, 0) is 6.42 Å². The Morgan fingerprint density at radius 1 is 1.20 bits per heavy atom. The van der Waals surface area contributed by atoms with E-state index < -0.39 is 0 Å². The first-order valence-electron chi connectivity index (χ1n) is 6.14. The van der Waals surface area contributed by atoms with Crippen molar-refractivity contribution >= 4 is 0 Å². The molecule has 1 aromatic rings. The van der Waals surface area contributed by atoms with Gasteiger partial charge in [0.2, 0.25) is 0 Å². The molecule has 2 unspecified atom stereocenters. The van der Waals surface area contributed by atoms with Crippen LogP contribution < -0.4 is 5.32 Å². The van der Waals surface area contributed by atoms with Crippen LogP contribution in [0.25, 0.3) is 0 Å². The van der Waals surface area contributed by atoms with Crippen molar-refractivity contribution in [3.63, 3.8) is 0 Å². The molecule has 1 heteroatoms. The molecule has 0 bridgehead atoms. The number of nitrogens with one attached hydrogen (secondary N) is 1. The maximum Gasteiger partial charge on any atom is 0.00727 e. The summed E-state index contributed by atoms with van der Waals surface area (Å²) in [5.74, 6) is 0. The molecule has 2 rings (SSSR count). The summed E-state index contributed by atoms with van der Waals surface area (Å²) < 4.78 is 0. The van der Waals surface area contributed by atoms with E-state index in [2.05, 4.69) is 42.6 Å². The van der Waals surface area contributed by atoms with Crippen LogP contribution in [0.2, 0.25) is 0 Å². The van der Waals surface area contributed by atoms with Crippen LogP contribution in [0, 0.1) is 0 Å². The van der Waals surface area contributed by atoms with Gasteiger partial charge in [-0.05, 0) is 38.2 Å². The highest BCUT2D eigenvalue weighted by Crippen LogP contribution is 2.16. The first kappa shape index (κ1) is 10.7. The highest BCUT2D eigenvalue weighted by atomic mass is 15.0. The van der Waals surface area contributed by atoms with Gasteiger partial charge in [-0.25, -0.2) is 0 Å². The minimum absolute atomic E-state index is 0.722. The van der Waals surface area contributed by atoms with E-state index in [0.717, 1.165) is 12.1 Å². The molecular weight excluding hydrogens is 182 g/mol. The number of piperidine rings is 1. The van der Waals surface area contributed by atoms with Gasteiger partial charge in [-0.2, -0.15) is 0 Å². The zero-order valence-corrected chi connectivity index (χ0v) is 9.58. The molecule has 1 nitrogen and oxygen atoms in total. The fourth-order valence-electron chi connectivity index (χ4n) is 2.45. The molecule has 2 atom stereocenters. The number of aryl methyl sites for hydroxylation is 1. The van der Waals surface area contributed by atoms with Crippen LogP contribution >= 0.6 is 0 Å². The van der Waals surface area contributed by atoms with Crippen molar-refractivity contribution in [2.45, 2.75) is 51.1 Å². The Morgan fingerprint density at radius 3 is 2.73 bits per heavy atom. The van der Waals surface area contributed by atoms with Gasteiger partial charge in [0, 0.05) is 12.1 Å². The summed E-state index contributed by atoms with van der Waals surface area (Å²) in [6, 6.07) is 12.3. The van der Waals surface area contributed by atoms with E-state index in [-0.39, 0.29) is 0 Å². The maximum absolute atomic E-state index is 3.69. The highest BCUT2D eigenvalue weighted by molar-refractivity contribution is 5.14. The third-order valence-electron chi connectivity index (χ3n) is 3.33. The summed E-state index contributed by atoms with van der Waals surface area (Å²) in [5.41, 5.74) is 1.47. The predicted octanol–water partition coefficient (Wildman–Crippen LogP) is 3.15. The molecule has 1 aliphatic heterocycles. The van der Waals surface area contributed by atoms with Crippen LogP contribution in [0.1, 0.15) is 38.2 Å². The largest absolute Gasteiger partial charge is 0.311 e. The topological polar surface area (TPSA) is 12.0 Å². The van der Waals surface area contributed by atoms with Crippen molar-refractivity contribution in [1.82, 2.24) is 5.32 Å². The molecule has 1 heterocycles. The lowest BCUT2D eigenvalue weighted by molar-refractivity contribution is 0.322. The van der Waals surface area contributed by atoms with Gasteiger partial charge in [0.1, 0.15) is 0 Å². The number of hydrogen-bond acceptors (Lipinski definition) is 1. The Bertz CT molecular complexity index is 281. The lowest BCUT2D eigenvalue weighted by atomic mass is 9.95. The normalized spacial score (nSPS) is 26.5. The maximum atomic E-state index is 3.69. The van der Waals surface area contributed by atoms with Crippen molar-refractivity contribution < 1.29 is 0 Å². The molecule has 0 spiro atoms. The van der Waals surface area contributed by atoms with Crippen molar-refractivity contribution in [3.05, 3.63) is 35.9 Å². The molecule has 1 saturated heterocycles. The Balaban J connectivity index is 1.78. The average Bonchev–Trinajstić information content (AvgIpc) is 2.28. The predicted molar refractivity (Wildman–Crippen MR) is 65.0 cm³/mol. The highest BCUT2D eigenvalue weighted by Gasteiger charge is 2.16. The van der Waals surface area contributed by atoms with Crippen LogP contribution in [-0.4, -0.2) is 12.1 Å². The fourth-order valence-corrected chi connectivity index (χ4v) is 2.45. The minimum atomic E-state index is 0.722. The van der Waals surface area contributed by atoms with E-state index in [1.54, 1.807) is 0 Å². The fraction of sp³-hybridized carbons (Fsp3) is 0.571. The monoisotopic (exact) mass is 203 g/mol. The molecule has 15 heavy (non-hydrogen) atoms. The second-order valence-electron chi connectivity index (χ2n) is 4.72. The summed E-state index contributed by atoms with van der Waals surface area (Å²) in [5, 5.41) is 3.69. The Kier molecular flexibility index (Phi) is 3.79. The van der Waals surface area contributed by atoms with Gasteiger partial charge in [0.05, 0.1) is 0 Å². The van der Waals surface area contributed by atoms with Crippen LogP contribution in [0.5, 0.6) is 0 Å². The third-order valence-corrected chi connectivity index (χ3v) is 3.33. The van der Waals surface area contributed by atoms with Gasteiger partial charge < -0.3 is 5.32 Å². The van der Waals surface area contributed by atoms with Crippen molar-refractivity contribution in [2.75, 3.05) is 0 Å². The molecule has 1 fully saturated rings. The van der Waals surface area contributed by atoms with Crippen molar-refractivity contribution in [2.24, 2.45) is 0 Å². The molecule has 1 N–H and O–H groups in total. The second-order valence-corrected chi connectivity index (χ2v) is 4.72. The van der Waals surface area contributed by atoms with E-state index in [4.69, 9.17) is 0 Å². The van der Waals surface area contributed by atoms with Gasteiger partial charge in [0.15, 0.2) is 0 Å². The van der Waals surface area contributed by atoms with E-state index in [0.29, 0.717) is 0 Å². The Hall–Kier alpha value is -0.820. The van der Waals surface area contributed by atoms with Gasteiger partial charge in [-0.1, -0.05) is 36.8 Å². The van der Waals surface area contributed by atoms with E-state index in [9.17, 15) is 0 Å². The molecule has 0 aromatic heterocycles. The number of benzene rings is 1. The second kappa shape index (κ2) is 5.32. The quantitative estimate of drug-likeness (QED) is 0.795. The van der Waals surface area contributed by atoms with Gasteiger partial charge in [-0.3, -0.25) is 0 Å². The van der Waals surface area contributed by atoms with Gasteiger partial charge in [0.25, 0.3) is 0 Å².